The standard InChI is InChI=1S/C8H10FNO/c9-7-3-1-2-6(4-7)8(11)5-10/h1-4,8,11H,5,10H2. The molecule has 0 bridgehead atoms. The maximum atomic E-state index is 12.5. The van der Waals surface area contributed by atoms with Crippen LogP contribution in [0.5, 0.6) is 0 Å². The highest BCUT2D eigenvalue weighted by Crippen LogP contribution is 2.11. The minimum absolute atomic E-state index is 0.115. The lowest BCUT2D eigenvalue weighted by atomic mass is 10.1. The summed E-state index contributed by atoms with van der Waals surface area (Å²) in [6, 6.07) is 5.79. The van der Waals surface area contributed by atoms with Crippen molar-refractivity contribution in [2.45, 2.75) is 6.10 Å². The first-order valence-electron chi connectivity index (χ1n) is 3.37. The molecule has 3 heteroatoms. The molecular weight excluding hydrogens is 145 g/mol. The zero-order valence-electron chi connectivity index (χ0n) is 6.00. The second kappa shape index (κ2) is 3.46. The van der Waals surface area contributed by atoms with Crippen LogP contribution in [0.2, 0.25) is 0 Å². The van der Waals surface area contributed by atoms with Gasteiger partial charge in [0.2, 0.25) is 0 Å². The predicted molar refractivity (Wildman–Crippen MR) is 40.4 cm³/mol. The van der Waals surface area contributed by atoms with Crippen LogP contribution >= 0.6 is 0 Å². The van der Waals surface area contributed by atoms with Crippen molar-refractivity contribution in [1.29, 1.82) is 0 Å². The number of halogens is 1. The van der Waals surface area contributed by atoms with E-state index in [1.54, 1.807) is 12.1 Å². The molecule has 0 aromatic heterocycles. The van der Waals surface area contributed by atoms with Crippen molar-refractivity contribution in [1.82, 2.24) is 0 Å². The Morgan fingerprint density at radius 3 is 2.82 bits per heavy atom. The van der Waals surface area contributed by atoms with Crippen molar-refractivity contribution >= 4 is 0 Å². The molecule has 0 heterocycles. The Bertz CT molecular complexity index is 239. The first-order chi connectivity index (χ1) is 5.24. The second-order valence-corrected chi connectivity index (χ2v) is 2.31. The average molecular weight is 155 g/mol. The Kier molecular flexibility index (Phi) is 2.57. The van der Waals surface area contributed by atoms with Gasteiger partial charge in [0.15, 0.2) is 0 Å². The van der Waals surface area contributed by atoms with Crippen molar-refractivity contribution in [3.63, 3.8) is 0 Å². The van der Waals surface area contributed by atoms with Crippen LogP contribution in [-0.2, 0) is 0 Å². The summed E-state index contributed by atoms with van der Waals surface area (Å²) < 4.78 is 12.5. The van der Waals surface area contributed by atoms with Gasteiger partial charge in [0.25, 0.3) is 0 Å². The van der Waals surface area contributed by atoms with Crippen LogP contribution in [-0.4, -0.2) is 11.7 Å². The zero-order chi connectivity index (χ0) is 8.27. The Morgan fingerprint density at radius 1 is 1.55 bits per heavy atom. The molecule has 0 aliphatic heterocycles. The average Bonchev–Trinajstić information content (AvgIpc) is 2.03. The van der Waals surface area contributed by atoms with Gasteiger partial charge < -0.3 is 10.8 Å². The van der Waals surface area contributed by atoms with Gasteiger partial charge in [-0.25, -0.2) is 4.39 Å². The third kappa shape index (κ3) is 2.00. The Morgan fingerprint density at radius 2 is 2.27 bits per heavy atom. The summed E-state index contributed by atoms with van der Waals surface area (Å²) in [5.74, 6) is -0.352. The Balaban J connectivity index is 2.86. The number of aliphatic hydroxyl groups excluding tert-OH is 1. The van der Waals surface area contributed by atoms with E-state index in [0.29, 0.717) is 5.56 Å². The highest BCUT2D eigenvalue weighted by atomic mass is 19.1. The summed E-state index contributed by atoms with van der Waals surface area (Å²) in [6.45, 7) is 0.115. The quantitative estimate of drug-likeness (QED) is 0.664. The van der Waals surface area contributed by atoms with Crippen LogP contribution in [0.4, 0.5) is 4.39 Å². The van der Waals surface area contributed by atoms with E-state index in [2.05, 4.69) is 0 Å². The van der Waals surface area contributed by atoms with Crippen LogP contribution in [0, 0.1) is 5.82 Å². The number of hydrogen-bond acceptors (Lipinski definition) is 2. The molecule has 0 aliphatic carbocycles. The van der Waals surface area contributed by atoms with E-state index in [1.807, 2.05) is 0 Å². The number of nitrogens with two attached hydrogens (primary N) is 1. The molecular formula is C8H10FNO. The van der Waals surface area contributed by atoms with Gasteiger partial charge in [0.1, 0.15) is 5.82 Å². The van der Waals surface area contributed by atoms with Crippen LogP contribution in [0.15, 0.2) is 24.3 Å². The van der Waals surface area contributed by atoms with Crippen LogP contribution in [0.3, 0.4) is 0 Å². The first-order valence-corrected chi connectivity index (χ1v) is 3.37. The van der Waals surface area contributed by atoms with Gasteiger partial charge in [-0.2, -0.15) is 0 Å². The fourth-order valence-electron chi connectivity index (χ4n) is 0.850. The molecule has 0 saturated heterocycles. The summed E-state index contributed by atoms with van der Waals surface area (Å²) in [5, 5.41) is 9.16. The molecule has 1 rings (SSSR count). The van der Waals surface area contributed by atoms with Gasteiger partial charge in [0.05, 0.1) is 6.10 Å². The second-order valence-electron chi connectivity index (χ2n) is 2.31. The van der Waals surface area contributed by atoms with Crippen LogP contribution in [0.25, 0.3) is 0 Å². The third-order valence-corrected chi connectivity index (χ3v) is 1.46. The van der Waals surface area contributed by atoms with Crippen LogP contribution in [0.1, 0.15) is 11.7 Å². The predicted octanol–water partition coefficient (Wildman–Crippen LogP) is 0.818. The fraction of sp³-hybridized carbons (Fsp3) is 0.250. The third-order valence-electron chi connectivity index (χ3n) is 1.46. The minimum Gasteiger partial charge on any atom is -0.387 e. The zero-order valence-corrected chi connectivity index (χ0v) is 6.00. The molecule has 0 spiro atoms. The Labute approximate surface area is 64.5 Å². The molecule has 60 valence electrons. The van der Waals surface area contributed by atoms with Crippen molar-refractivity contribution in [2.75, 3.05) is 6.54 Å². The molecule has 0 aliphatic rings. The monoisotopic (exact) mass is 155 g/mol. The lowest BCUT2D eigenvalue weighted by Crippen LogP contribution is -2.11. The molecule has 1 aromatic carbocycles. The molecule has 1 atom stereocenters. The largest absolute Gasteiger partial charge is 0.387 e. The number of aliphatic hydroxyl groups is 1. The molecule has 1 aromatic rings. The lowest BCUT2D eigenvalue weighted by molar-refractivity contribution is 0.186. The summed E-state index contributed by atoms with van der Waals surface area (Å²) in [4.78, 5) is 0. The summed E-state index contributed by atoms with van der Waals surface area (Å²) in [7, 11) is 0. The van der Waals surface area contributed by atoms with Gasteiger partial charge in [-0.3, -0.25) is 0 Å². The summed E-state index contributed by atoms with van der Waals surface area (Å²) in [5.41, 5.74) is 5.70. The van der Waals surface area contributed by atoms with Gasteiger partial charge >= 0.3 is 0 Å². The molecule has 0 amide bonds. The van der Waals surface area contributed by atoms with E-state index in [9.17, 15) is 4.39 Å². The molecule has 2 nitrogen and oxygen atoms in total. The molecule has 11 heavy (non-hydrogen) atoms. The summed E-state index contributed by atoms with van der Waals surface area (Å²) >= 11 is 0. The van der Waals surface area contributed by atoms with Gasteiger partial charge in [-0.1, -0.05) is 12.1 Å². The van der Waals surface area contributed by atoms with E-state index in [1.165, 1.54) is 12.1 Å². The maximum absolute atomic E-state index is 12.5. The van der Waals surface area contributed by atoms with Gasteiger partial charge in [0, 0.05) is 6.54 Å². The highest BCUT2D eigenvalue weighted by Gasteiger charge is 2.04. The topological polar surface area (TPSA) is 46.2 Å². The number of rotatable bonds is 2. The van der Waals surface area contributed by atoms with E-state index < -0.39 is 6.10 Å². The van der Waals surface area contributed by atoms with E-state index in [4.69, 9.17) is 10.8 Å². The van der Waals surface area contributed by atoms with Crippen LogP contribution < -0.4 is 5.73 Å². The molecule has 0 fully saturated rings. The molecule has 0 radical (unpaired) electrons. The lowest BCUT2D eigenvalue weighted by Gasteiger charge is -2.06. The summed E-state index contributed by atoms with van der Waals surface area (Å²) in [6.07, 6.45) is -0.759. The highest BCUT2D eigenvalue weighted by molar-refractivity contribution is 5.18. The van der Waals surface area contributed by atoms with Gasteiger partial charge in [-0.05, 0) is 17.7 Å². The molecule has 1 unspecified atom stereocenters. The fourth-order valence-corrected chi connectivity index (χ4v) is 0.850. The minimum atomic E-state index is -0.759. The Hall–Kier alpha value is -0.930. The van der Waals surface area contributed by atoms with E-state index in [0.717, 1.165) is 0 Å². The maximum Gasteiger partial charge on any atom is 0.123 e. The van der Waals surface area contributed by atoms with E-state index >= 15 is 0 Å². The van der Waals surface area contributed by atoms with Crippen molar-refractivity contribution < 1.29 is 9.50 Å². The van der Waals surface area contributed by atoms with Crippen molar-refractivity contribution in [2.24, 2.45) is 5.73 Å². The number of benzene rings is 1. The molecule has 3 N–H and O–H groups in total. The number of hydrogen-bond donors (Lipinski definition) is 2. The van der Waals surface area contributed by atoms with E-state index in [-0.39, 0.29) is 12.4 Å². The normalized spacial score (nSPS) is 13.0. The smallest absolute Gasteiger partial charge is 0.123 e. The molecule has 0 saturated carbocycles. The SMILES string of the molecule is NCC(O)c1cccc(F)c1. The van der Waals surface area contributed by atoms with Gasteiger partial charge in [-0.15, -0.1) is 0 Å². The van der Waals surface area contributed by atoms with Crippen molar-refractivity contribution in [3.8, 4) is 0 Å². The van der Waals surface area contributed by atoms with Crippen molar-refractivity contribution in [3.05, 3.63) is 35.6 Å². The first kappa shape index (κ1) is 8.17.